The van der Waals surface area contributed by atoms with Crippen LogP contribution in [-0.2, 0) is 4.79 Å². The molecule has 1 aromatic heterocycles. The van der Waals surface area contributed by atoms with Crippen molar-refractivity contribution < 1.29 is 18.7 Å². The number of fused-ring (bicyclic) bond motifs is 1. The molecule has 1 amide bonds. The lowest BCUT2D eigenvalue weighted by Crippen LogP contribution is -2.10. The highest BCUT2D eigenvalue weighted by Gasteiger charge is 2.11. The Bertz CT molecular complexity index is 898. The highest BCUT2D eigenvalue weighted by atomic mass is 16.5. The number of carbonyl (C=O) groups is 1. The number of hydrogen-bond donors (Lipinski definition) is 1. The van der Waals surface area contributed by atoms with E-state index in [9.17, 15) is 4.79 Å². The SMILES string of the molecule is CCCC(=O)Nc1ccc2oc(-c3ccc(OC)c(OC)c3)cc2c1. The standard InChI is InChI=1S/C20H21NO4/c1-4-5-20(22)21-15-7-9-16-14(10-15)12-18(25-16)13-6-8-17(23-2)19(11-13)24-3/h6-12H,4-5H2,1-3H3,(H,21,22). The summed E-state index contributed by atoms with van der Waals surface area (Å²) in [6.45, 7) is 1.98. The van der Waals surface area contributed by atoms with Crippen LogP contribution < -0.4 is 14.8 Å². The Hall–Kier alpha value is -2.95. The zero-order valence-corrected chi connectivity index (χ0v) is 14.6. The molecule has 0 aliphatic rings. The third-order valence-electron chi connectivity index (χ3n) is 3.95. The number of methoxy groups -OCH3 is 2. The first-order valence-electron chi connectivity index (χ1n) is 8.20. The van der Waals surface area contributed by atoms with Gasteiger partial charge >= 0.3 is 0 Å². The van der Waals surface area contributed by atoms with E-state index in [2.05, 4.69) is 5.32 Å². The van der Waals surface area contributed by atoms with Gasteiger partial charge in [0.15, 0.2) is 11.5 Å². The summed E-state index contributed by atoms with van der Waals surface area (Å²) < 4.78 is 16.5. The van der Waals surface area contributed by atoms with E-state index in [4.69, 9.17) is 13.9 Å². The van der Waals surface area contributed by atoms with Crippen molar-refractivity contribution in [3.05, 3.63) is 42.5 Å². The van der Waals surface area contributed by atoms with Gasteiger partial charge in [-0.15, -0.1) is 0 Å². The molecule has 0 unspecified atom stereocenters. The van der Waals surface area contributed by atoms with Crippen LogP contribution in [-0.4, -0.2) is 20.1 Å². The van der Waals surface area contributed by atoms with Crippen LogP contribution in [0.3, 0.4) is 0 Å². The highest BCUT2D eigenvalue weighted by molar-refractivity contribution is 5.94. The van der Waals surface area contributed by atoms with E-state index in [0.717, 1.165) is 34.4 Å². The van der Waals surface area contributed by atoms with Crippen LogP contribution >= 0.6 is 0 Å². The van der Waals surface area contributed by atoms with Gasteiger partial charge in [0.25, 0.3) is 0 Å². The summed E-state index contributed by atoms with van der Waals surface area (Å²) in [7, 11) is 3.21. The van der Waals surface area contributed by atoms with Gasteiger partial charge in [-0.2, -0.15) is 0 Å². The van der Waals surface area contributed by atoms with Crippen molar-refractivity contribution in [2.24, 2.45) is 0 Å². The predicted octanol–water partition coefficient (Wildman–Crippen LogP) is 4.86. The maximum atomic E-state index is 11.7. The quantitative estimate of drug-likeness (QED) is 0.697. The summed E-state index contributed by atoms with van der Waals surface area (Å²) in [5.74, 6) is 2.06. The highest BCUT2D eigenvalue weighted by Crippen LogP contribution is 2.35. The Kier molecular flexibility index (Phi) is 4.93. The van der Waals surface area contributed by atoms with Crippen LogP contribution in [0.25, 0.3) is 22.3 Å². The van der Waals surface area contributed by atoms with Crippen molar-refractivity contribution in [3.8, 4) is 22.8 Å². The number of hydrogen-bond acceptors (Lipinski definition) is 4. The van der Waals surface area contributed by atoms with Crippen LogP contribution in [0, 0.1) is 0 Å². The molecular formula is C20H21NO4. The van der Waals surface area contributed by atoms with E-state index < -0.39 is 0 Å². The van der Waals surface area contributed by atoms with Crippen molar-refractivity contribution in [1.82, 2.24) is 0 Å². The fourth-order valence-electron chi connectivity index (χ4n) is 2.70. The van der Waals surface area contributed by atoms with Crippen LogP contribution in [0.1, 0.15) is 19.8 Å². The average Bonchev–Trinajstić information content (AvgIpc) is 3.04. The lowest BCUT2D eigenvalue weighted by atomic mass is 10.1. The minimum absolute atomic E-state index is 0.0189. The molecule has 25 heavy (non-hydrogen) atoms. The van der Waals surface area contributed by atoms with Gasteiger partial charge in [-0.3, -0.25) is 4.79 Å². The first-order chi connectivity index (χ1) is 12.1. The maximum absolute atomic E-state index is 11.7. The van der Waals surface area contributed by atoms with Crippen molar-refractivity contribution in [2.45, 2.75) is 19.8 Å². The Morgan fingerprint density at radius 3 is 2.56 bits per heavy atom. The zero-order valence-electron chi connectivity index (χ0n) is 14.6. The topological polar surface area (TPSA) is 60.7 Å². The van der Waals surface area contributed by atoms with Crippen LogP contribution in [0.15, 0.2) is 46.9 Å². The zero-order chi connectivity index (χ0) is 17.8. The molecule has 0 saturated carbocycles. The number of nitrogens with one attached hydrogen (secondary N) is 1. The molecule has 3 rings (SSSR count). The Morgan fingerprint density at radius 2 is 1.84 bits per heavy atom. The van der Waals surface area contributed by atoms with E-state index >= 15 is 0 Å². The molecule has 0 aliphatic heterocycles. The second-order valence-electron chi connectivity index (χ2n) is 5.73. The van der Waals surface area contributed by atoms with E-state index in [1.807, 2.05) is 49.4 Å². The maximum Gasteiger partial charge on any atom is 0.224 e. The number of carbonyl (C=O) groups excluding carboxylic acids is 1. The number of amides is 1. The van der Waals surface area contributed by atoms with Gasteiger partial charge in [0, 0.05) is 23.1 Å². The van der Waals surface area contributed by atoms with E-state index in [1.54, 1.807) is 14.2 Å². The molecule has 130 valence electrons. The largest absolute Gasteiger partial charge is 0.493 e. The van der Waals surface area contributed by atoms with Gasteiger partial charge < -0.3 is 19.2 Å². The van der Waals surface area contributed by atoms with Gasteiger partial charge in [-0.05, 0) is 48.9 Å². The molecule has 5 heteroatoms. The summed E-state index contributed by atoms with van der Waals surface area (Å²) in [5.41, 5.74) is 2.43. The molecule has 2 aromatic carbocycles. The summed E-state index contributed by atoms with van der Waals surface area (Å²) in [6.07, 6.45) is 1.34. The fraction of sp³-hybridized carbons (Fsp3) is 0.250. The summed E-state index contributed by atoms with van der Waals surface area (Å²) >= 11 is 0. The number of rotatable bonds is 6. The molecule has 0 atom stereocenters. The van der Waals surface area contributed by atoms with Crippen molar-refractivity contribution >= 4 is 22.6 Å². The summed E-state index contributed by atoms with van der Waals surface area (Å²) in [5, 5.41) is 3.83. The Balaban J connectivity index is 1.92. The monoisotopic (exact) mass is 339 g/mol. The van der Waals surface area contributed by atoms with Crippen molar-refractivity contribution in [3.63, 3.8) is 0 Å². The number of ether oxygens (including phenoxy) is 2. The molecule has 0 aliphatic carbocycles. The van der Waals surface area contributed by atoms with E-state index in [1.165, 1.54) is 0 Å². The molecule has 1 heterocycles. The van der Waals surface area contributed by atoms with E-state index in [0.29, 0.717) is 17.9 Å². The van der Waals surface area contributed by atoms with Gasteiger partial charge in [-0.1, -0.05) is 6.92 Å². The first kappa shape index (κ1) is 16.9. The van der Waals surface area contributed by atoms with Gasteiger partial charge in [0.2, 0.25) is 5.91 Å². The molecule has 0 fully saturated rings. The second kappa shape index (κ2) is 7.30. The molecule has 3 aromatic rings. The number of benzene rings is 2. The molecule has 5 nitrogen and oxygen atoms in total. The summed E-state index contributed by atoms with van der Waals surface area (Å²) in [4.78, 5) is 11.7. The van der Waals surface area contributed by atoms with Gasteiger partial charge in [-0.25, -0.2) is 0 Å². The van der Waals surface area contributed by atoms with Crippen LogP contribution in [0.4, 0.5) is 5.69 Å². The van der Waals surface area contributed by atoms with Crippen molar-refractivity contribution in [1.29, 1.82) is 0 Å². The minimum atomic E-state index is 0.0189. The predicted molar refractivity (Wildman–Crippen MR) is 98.3 cm³/mol. The normalized spacial score (nSPS) is 10.7. The minimum Gasteiger partial charge on any atom is -0.493 e. The third kappa shape index (κ3) is 3.60. The molecule has 1 N–H and O–H groups in total. The van der Waals surface area contributed by atoms with Gasteiger partial charge in [0.1, 0.15) is 11.3 Å². The fourth-order valence-corrected chi connectivity index (χ4v) is 2.70. The van der Waals surface area contributed by atoms with E-state index in [-0.39, 0.29) is 5.91 Å². The Labute approximate surface area is 146 Å². The molecule has 0 bridgehead atoms. The number of furan rings is 1. The average molecular weight is 339 g/mol. The van der Waals surface area contributed by atoms with Crippen molar-refractivity contribution in [2.75, 3.05) is 19.5 Å². The lowest BCUT2D eigenvalue weighted by Gasteiger charge is -2.08. The molecule has 0 spiro atoms. The van der Waals surface area contributed by atoms with Crippen LogP contribution in [0.5, 0.6) is 11.5 Å². The molecule has 0 saturated heterocycles. The third-order valence-corrected chi connectivity index (χ3v) is 3.95. The smallest absolute Gasteiger partial charge is 0.224 e. The Morgan fingerprint density at radius 1 is 1.04 bits per heavy atom. The summed E-state index contributed by atoms with van der Waals surface area (Å²) in [6, 6.07) is 13.2. The lowest BCUT2D eigenvalue weighted by molar-refractivity contribution is -0.116. The number of anilines is 1. The van der Waals surface area contributed by atoms with Gasteiger partial charge in [0.05, 0.1) is 14.2 Å². The molecular weight excluding hydrogens is 318 g/mol. The second-order valence-corrected chi connectivity index (χ2v) is 5.73. The van der Waals surface area contributed by atoms with Crippen LogP contribution in [0.2, 0.25) is 0 Å². The first-order valence-corrected chi connectivity index (χ1v) is 8.20. The molecule has 0 radical (unpaired) electrons.